The van der Waals surface area contributed by atoms with Gasteiger partial charge in [-0.2, -0.15) is 0 Å². The van der Waals surface area contributed by atoms with E-state index in [-0.39, 0.29) is 28.0 Å². The van der Waals surface area contributed by atoms with Crippen molar-refractivity contribution >= 4 is 44.1 Å². The molecular formula is C29H26N2O7S. The molecule has 9 nitrogen and oxygen atoms in total. The minimum absolute atomic E-state index is 0.104. The Kier molecular flexibility index (Phi) is 7.12. The summed E-state index contributed by atoms with van der Waals surface area (Å²) in [4.78, 5) is 32.9. The molecule has 0 aliphatic carbocycles. The molecule has 0 bridgehead atoms. The first kappa shape index (κ1) is 26.1. The summed E-state index contributed by atoms with van der Waals surface area (Å²) in [5, 5.41) is 21.8. The molecule has 1 fully saturated rings. The Morgan fingerprint density at radius 2 is 1.74 bits per heavy atom. The summed E-state index contributed by atoms with van der Waals surface area (Å²) in [6, 6.07) is 15.5. The molecule has 1 amide bonds. The van der Waals surface area contributed by atoms with Gasteiger partial charge in [0.25, 0.3) is 5.78 Å². The van der Waals surface area contributed by atoms with E-state index in [1.807, 2.05) is 6.92 Å². The van der Waals surface area contributed by atoms with Crippen LogP contribution >= 0.6 is 11.3 Å². The van der Waals surface area contributed by atoms with Crippen molar-refractivity contribution in [1.29, 1.82) is 0 Å². The fourth-order valence-electron chi connectivity index (χ4n) is 4.42. The van der Waals surface area contributed by atoms with E-state index in [1.165, 1.54) is 35.5 Å². The van der Waals surface area contributed by atoms with Crippen LogP contribution in [0, 0.1) is 0 Å². The molecule has 1 aliphatic rings. The Morgan fingerprint density at radius 1 is 1.00 bits per heavy atom. The molecule has 10 heteroatoms. The van der Waals surface area contributed by atoms with E-state index in [4.69, 9.17) is 14.2 Å². The molecule has 2 heterocycles. The standard InChI is InChI=1S/C29H26N2O7S/c1-4-13-38-18-8-5-16(6-9-18)26(33)24-25(17-7-12-21(32)22(14-17)37-3)31(28(35)27(24)34)29-30-20-11-10-19(36-2)15-23(20)39-29/h5-12,14-15,25,32-33H,4,13H2,1-3H3. The number of nitrogens with zero attached hydrogens (tertiary/aromatic N) is 2. The van der Waals surface area contributed by atoms with Crippen molar-refractivity contribution in [1.82, 2.24) is 4.98 Å². The highest BCUT2D eigenvalue weighted by atomic mass is 32.1. The van der Waals surface area contributed by atoms with Crippen molar-refractivity contribution in [2.45, 2.75) is 19.4 Å². The molecule has 39 heavy (non-hydrogen) atoms. The zero-order chi connectivity index (χ0) is 27.7. The maximum atomic E-state index is 13.5. The lowest BCUT2D eigenvalue weighted by atomic mass is 9.95. The molecule has 1 unspecified atom stereocenters. The summed E-state index contributed by atoms with van der Waals surface area (Å²) in [6.07, 6.45) is 0.847. The number of ketones is 1. The average Bonchev–Trinajstić information content (AvgIpc) is 3.49. The van der Waals surface area contributed by atoms with Crippen LogP contribution in [0.5, 0.6) is 23.0 Å². The number of phenols is 1. The number of hydrogen-bond acceptors (Lipinski definition) is 9. The van der Waals surface area contributed by atoms with E-state index in [9.17, 15) is 19.8 Å². The number of aromatic hydroxyl groups is 1. The first-order valence-corrected chi connectivity index (χ1v) is 13.0. The van der Waals surface area contributed by atoms with E-state index in [0.29, 0.717) is 34.7 Å². The second-order valence-corrected chi connectivity index (χ2v) is 9.81. The minimum Gasteiger partial charge on any atom is -0.507 e. The summed E-state index contributed by atoms with van der Waals surface area (Å²) in [5.74, 6) is -0.713. The summed E-state index contributed by atoms with van der Waals surface area (Å²) < 4.78 is 17.0. The van der Waals surface area contributed by atoms with Gasteiger partial charge < -0.3 is 24.4 Å². The van der Waals surface area contributed by atoms with Crippen LogP contribution in [-0.4, -0.2) is 47.7 Å². The van der Waals surface area contributed by atoms with Crippen molar-refractivity contribution in [3.63, 3.8) is 0 Å². The fourth-order valence-corrected chi connectivity index (χ4v) is 5.44. The number of phenolic OH excluding ortho intramolecular Hbond substituents is 1. The Bertz CT molecular complexity index is 1590. The third-order valence-electron chi connectivity index (χ3n) is 6.35. The van der Waals surface area contributed by atoms with Crippen LogP contribution in [0.15, 0.2) is 66.2 Å². The number of anilines is 1. The molecule has 1 saturated heterocycles. The number of thiazole rings is 1. The van der Waals surface area contributed by atoms with Crippen molar-refractivity contribution in [3.05, 3.63) is 77.4 Å². The highest BCUT2D eigenvalue weighted by molar-refractivity contribution is 7.22. The van der Waals surface area contributed by atoms with Crippen LogP contribution in [0.1, 0.15) is 30.5 Å². The second kappa shape index (κ2) is 10.7. The van der Waals surface area contributed by atoms with Gasteiger partial charge in [0, 0.05) is 5.56 Å². The molecule has 1 aromatic heterocycles. The molecule has 5 rings (SSSR count). The summed E-state index contributed by atoms with van der Waals surface area (Å²) >= 11 is 1.22. The van der Waals surface area contributed by atoms with Crippen molar-refractivity contribution in [3.8, 4) is 23.0 Å². The molecule has 2 N–H and O–H groups in total. The predicted molar refractivity (Wildman–Crippen MR) is 148 cm³/mol. The van der Waals surface area contributed by atoms with Gasteiger partial charge in [-0.3, -0.25) is 14.5 Å². The Labute approximate surface area is 228 Å². The van der Waals surface area contributed by atoms with Crippen molar-refractivity contribution in [2.24, 2.45) is 0 Å². The van der Waals surface area contributed by atoms with E-state index in [0.717, 1.165) is 11.1 Å². The zero-order valence-electron chi connectivity index (χ0n) is 21.5. The maximum Gasteiger partial charge on any atom is 0.301 e. The van der Waals surface area contributed by atoms with Crippen LogP contribution in [0.3, 0.4) is 0 Å². The lowest BCUT2D eigenvalue weighted by Crippen LogP contribution is -2.29. The molecule has 200 valence electrons. The van der Waals surface area contributed by atoms with Gasteiger partial charge in [0.15, 0.2) is 16.6 Å². The van der Waals surface area contributed by atoms with Gasteiger partial charge in [0.2, 0.25) is 0 Å². The first-order chi connectivity index (χ1) is 18.9. The van der Waals surface area contributed by atoms with Gasteiger partial charge in [-0.05, 0) is 66.6 Å². The smallest absolute Gasteiger partial charge is 0.301 e. The normalized spacial score (nSPS) is 16.6. The van der Waals surface area contributed by atoms with Gasteiger partial charge in [0.1, 0.15) is 17.3 Å². The fraction of sp³-hybridized carbons (Fsp3) is 0.207. The predicted octanol–water partition coefficient (Wildman–Crippen LogP) is 5.43. The Morgan fingerprint density at radius 3 is 2.44 bits per heavy atom. The van der Waals surface area contributed by atoms with E-state index >= 15 is 0 Å². The number of ether oxygens (including phenoxy) is 3. The highest BCUT2D eigenvalue weighted by Gasteiger charge is 2.48. The average molecular weight is 547 g/mol. The van der Waals surface area contributed by atoms with Crippen LogP contribution in [0.2, 0.25) is 0 Å². The number of rotatable bonds is 8. The lowest BCUT2D eigenvalue weighted by molar-refractivity contribution is -0.132. The van der Waals surface area contributed by atoms with E-state index in [1.54, 1.807) is 55.6 Å². The van der Waals surface area contributed by atoms with Gasteiger partial charge in [-0.1, -0.05) is 24.3 Å². The number of aliphatic hydroxyl groups excluding tert-OH is 1. The van der Waals surface area contributed by atoms with Gasteiger partial charge in [-0.15, -0.1) is 0 Å². The second-order valence-electron chi connectivity index (χ2n) is 8.80. The molecule has 4 aromatic rings. The number of hydrogen-bond donors (Lipinski definition) is 2. The van der Waals surface area contributed by atoms with Gasteiger partial charge in [-0.25, -0.2) is 4.98 Å². The van der Waals surface area contributed by atoms with Gasteiger partial charge in [0.05, 0.1) is 42.7 Å². The first-order valence-electron chi connectivity index (χ1n) is 12.2. The lowest BCUT2D eigenvalue weighted by Gasteiger charge is -2.23. The number of aromatic nitrogens is 1. The molecular weight excluding hydrogens is 520 g/mol. The SMILES string of the molecule is CCCOc1ccc(C(O)=C2C(=O)C(=O)N(c3nc4ccc(OC)cc4s3)C2c2ccc(O)c(OC)c2)cc1. The van der Waals surface area contributed by atoms with Crippen LogP contribution in [0.4, 0.5) is 5.13 Å². The molecule has 0 saturated carbocycles. The summed E-state index contributed by atoms with van der Waals surface area (Å²) in [6.45, 7) is 2.55. The summed E-state index contributed by atoms with van der Waals surface area (Å²) in [5.41, 5.74) is 1.32. The monoisotopic (exact) mass is 546 g/mol. The van der Waals surface area contributed by atoms with Crippen LogP contribution in [-0.2, 0) is 9.59 Å². The third-order valence-corrected chi connectivity index (χ3v) is 7.37. The Balaban J connectivity index is 1.67. The maximum absolute atomic E-state index is 13.5. The van der Waals surface area contributed by atoms with Crippen molar-refractivity contribution in [2.75, 3.05) is 25.7 Å². The number of Topliss-reactive ketones (excluding diaryl/α,β-unsaturated/α-hetero) is 1. The quantitative estimate of drug-likeness (QED) is 0.171. The number of aliphatic hydroxyl groups is 1. The largest absolute Gasteiger partial charge is 0.507 e. The minimum atomic E-state index is -1.03. The van der Waals surface area contributed by atoms with E-state index < -0.39 is 17.7 Å². The molecule has 1 atom stereocenters. The number of amides is 1. The molecule has 1 aliphatic heterocycles. The topological polar surface area (TPSA) is 118 Å². The van der Waals surface area contributed by atoms with E-state index in [2.05, 4.69) is 4.98 Å². The Hall–Kier alpha value is -4.57. The number of methoxy groups -OCH3 is 2. The molecule has 3 aromatic carbocycles. The third kappa shape index (κ3) is 4.74. The van der Waals surface area contributed by atoms with Crippen LogP contribution in [0.25, 0.3) is 16.0 Å². The molecule has 0 radical (unpaired) electrons. The zero-order valence-corrected chi connectivity index (χ0v) is 22.3. The van der Waals surface area contributed by atoms with Gasteiger partial charge >= 0.3 is 5.91 Å². The molecule has 0 spiro atoms. The van der Waals surface area contributed by atoms with Crippen LogP contribution < -0.4 is 19.1 Å². The number of fused-ring (bicyclic) bond motifs is 1. The van der Waals surface area contributed by atoms with Crippen molar-refractivity contribution < 1.29 is 34.0 Å². The number of benzene rings is 3. The highest BCUT2D eigenvalue weighted by Crippen LogP contribution is 2.46. The number of carbonyl (C=O) groups excluding carboxylic acids is 2. The summed E-state index contributed by atoms with van der Waals surface area (Å²) in [7, 11) is 2.96. The number of carbonyl (C=O) groups is 2.